The fourth-order valence-electron chi connectivity index (χ4n) is 3.26. The first kappa shape index (κ1) is 27.0. The summed E-state index contributed by atoms with van der Waals surface area (Å²) in [5, 5.41) is 14.0. The highest BCUT2D eigenvalue weighted by atomic mass is 35.5. The van der Waals surface area contributed by atoms with E-state index in [1.54, 1.807) is 48.5 Å². The van der Waals surface area contributed by atoms with E-state index in [0.29, 0.717) is 36.0 Å². The molecule has 0 fully saturated rings. The Bertz CT molecular complexity index is 1150. The molecule has 0 unspecified atom stereocenters. The highest BCUT2D eigenvalue weighted by molar-refractivity contribution is 7.91. The number of hydrogen-bond acceptors (Lipinski definition) is 6. The van der Waals surface area contributed by atoms with Gasteiger partial charge in [0.2, 0.25) is 9.84 Å². The molecule has 0 saturated carbocycles. The van der Waals surface area contributed by atoms with Crippen molar-refractivity contribution in [2.45, 2.75) is 22.3 Å². The van der Waals surface area contributed by atoms with Gasteiger partial charge in [0, 0.05) is 17.6 Å². The summed E-state index contributed by atoms with van der Waals surface area (Å²) in [7, 11) is -0.718. The van der Waals surface area contributed by atoms with E-state index in [-0.39, 0.29) is 22.2 Å². The molecule has 3 aromatic carbocycles. The number of aliphatic hydroxyl groups excluding tert-OH is 1. The molecule has 0 aromatic heterocycles. The number of methoxy groups -OCH3 is 2. The van der Waals surface area contributed by atoms with Crippen molar-refractivity contribution in [1.29, 1.82) is 0 Å². The molecule has 0 radical (unpaired) electrons. The number of ether oxygens (including phenoxy) is 2. The van der Waals surface area contributed by atoms with Crippen LogP contribution in [-0.4, -0.2) is 40.8 Å². The predicted octanol–water partition coefficient (Wildman–Crippen LogP) is 4.48. The second-order valence-corrected chi connectivity index (χ2v) is 9.58. The topological polar surface area (TPSA) is 84.9 Å². The molecule has 0 aliphatic heterocycles. The van der Waals surface area contributed by atoms with Crippen molar-refractivity contribution in [2.75, 3.05) is 27.3 Å². The van der Waals surface area contributed by atoms with E-state index >= 15 is 0 Å². The molecular formula is C24H27Cl2NO5S. The SMILES string of the molecule is COc1ccc(S(=O)(=O)c2ccc(CCNC[C@H](O)c3cccc(Cl)c3)cc2)cc1OC.Cl. The Morgan fingerprint density at radius 2 is 1.61 bits per heavy atom. The summed E-state index contributed by atoms with van der Waals surface area (Å²) in [6.07, 6.45) is 0.0431. The molecular weight excluding hydrogens is 485 g/mol. The third-order valence-corrected chi connectivity index (χ3v) is 7.06. The van der Waals surface area contributed by atoms with E-state index in [9.17, 15) is 13.5 Å². The van der Waals surface area contributed by atoms with Crippen molar-refractivity contribution in [3.8, 4) is 11.5 Å². The Hall–Kier alpha value is -2.29. The van der Waals surface area contributed by atoms with Gasteiger partial charge in [0.05, 0.1) is 30.1 Å². The van der Waals surface area contributed by atoms with Gasteiger partial charge in [-0.2, -0.15) is 0 Å². The number of aliphatic hydroxyl groups is 1. The third kappa shape index (κ3) is 6.85. The molecule has 0 aliphatic carbocycles. The summed E-state index contributed by atoms with van der Waals surface area (Å²) in [6, 6.07) is 18.5. The first-order valence-corrected chi connectivity index (χ1v) is 11.9. The van der Waals surface area contributed by atoms with E-state index in [1.165, 1.54) is 26.4 Å². The van der Waals surface area contributed by atoms with Crippen LogP contribution in [0, 0.1) is 0 Å². The van der Waals surface area contributed by atoms with Gasteiger partial charge in [0.15, 0.2) is 11.5 Å². The van der Waals surface area contributed by atoms with Crippen LogP contribution in [0.15, 0.2) is 76.5 Å². The van der Waals surface area contributed by atoms with Gasteiger partial charge in [0.1, 0.15) is 0 Å². The van der Waals surface area contributed by atoms with Crippen molar-refractivity contribution in [1.82, 2.24) is 5.32 Å². The van der Waals surface area contributed by atoms with E-state index < -0.39 is 15.9 Å². The summed E-state index contributed by atoms with van der Waals surface area (Å²) >= 11 is 5.96. The molecule has 0 saturated heterocycles. The summed E-state index contributed by atoms with van der Waals surface area (Å²) in [5.74, 6) is 0.825. The molecule has 1 atom stereocenters. The van der Waals surface area contributed by atoms with Gasteiger partial charge < -0.3 is 19.9 Å². The molecule has 0 aliphatic rings. The van der Waals surface area contributed by atoms with Crippen LogP contribution >= 0.6 is 24.0 Å². The molecule has 0 heterocycles. The van der Waals surface area contributed by atoms with E-state index in [1.807, 2.05) is 6.07 Å². The fraction of sp³-hybridized carbons (Fsp3) is 0.250. The summed E-state index contributed by atoms with van der Waals surface area (Å²) in [5.41, 5.74) is 1.75. The lowest BCUT2D eigenvalue weighted by molar-refractivity contribution is 0.175. The van der Waals surface area contributed by atoms with Crippen molar-refractivity contribution < 1.29 is 23.0 Å². The fourth-order valence-corrected chi connectivity index (χ4v) is 4.73. The van der Waals surface area contributed by atoms with E-state index in [0.717, 1.165) is 11.1 Å². The van der Waals surface area contributed by atoms with Crippen LogP contribution in [0.1, 0.15) is 17.2 Å². The first-order valence-electron chi connectivity index (χ1n) is 10.1. The molecule has 0 bridgehead atoms. The zero-order valence-corrected chi connectivity index (χ0v) is 20.7. The molecule has 33 heavy (non-hydrogen) atoms. The smallest absolute Gasteiger partial charge is 0.206 e. The monoisotopic (exact) mass is 511 g/mol. The number of halogens is 2. The Morgan fingerprint density at radius 3 is 2.24 bits per heavy atom. The number of sulfone groups is 1. The Labute approximate surface area is 205 Å². The second kappa shape index (κ2) is 12.3. The lowest BCUT2D eigenvalue weighted by Crippen LogP contribution is -2.23. The van der Waals surface area contributed by atoms with Crippen LogP contribution in [0.2, 0.25) is 5.02 Å². The lowest BCUT2D eigenvalue weighted by Gasteiger charge is -2.13. The van der Waals surface area contributed by atoms with Gasteiger partial charge in [-0.15, -0.1) is 12.4 Å². The Balaban J connectivity index is 0.00000385. The minimum atomic E-state index is -3.68. The van der Waals surface area contributed by atoms with Gasteiger partial charge in [-0.1, -0.05) is 35.9 Å². The lowest BCUT2D eigenvalue weighted by atomic mass is 10.1. The quantitative estimate of drug-likeness (QED) is 0.390. The second-order valence-electron chi connectivity index (χ2n) is 7.19. The normalized spacial score (nSPS) is 12.0. The van der Waals surface area contributed by atoms with E-state index in [4.69, 9.17) is 21.1 Å². The molecule has 0 amide bonds. The Morgan fingerprint density at radius 1 is 0.939 bits per heavy atom. The minimum Gasteiger partial charge on any atom is -0.493 e. The van der Waals surface area contributed by atoms with Crippen LogP contribution in [0.4, 0.5) is 0 Å². The first-order chi connectivity index (χ1) is 15.3. The molecule has 3 aromatic rings. The summed E-state index contributed by atoms with van der Waals surface area (Å²) < 4.78 is 36.3. The van der Waals surface area contributed by atoms with Crippen molar-refractivity contribution in [3.05, 3.63) is 82.9 Å². The van der Waals surface area contributed by atoms with Gasteiger partial charge in [-0.05, 0) is 60.5 Å². The third-order valence-electron chi connectivity index (χ3n) is 5.06. The number of rotatable bonds is 10. The molecule has 3 rings (SSSR count). The van der Waals surface area contributed by atoms with Gasteiger partial charge in [0.25, 0.3) is 0 Å². The zero-order valence-electron chi connectivity index (χ0n) is 18.3. The van der Waals surface area contributed by atoms with Crippen LogP contribution in [0.25, 0.3) is 0 Å². The molecule has 178 valence electrons. The van der Waals surface area contributed by atoms with Crippen molar-refractivity contribution >= 4 is 33.8 Å². The average molecular weight is 512 g/mol. The summed E-state index contributed by atoms with van der Waals surface area (Å²) in [4.78, 5) is 0.345. The van der Waals surface area contributed by atoms with Crippen molar-refractivity contribution in [3.63, 3.8) is 0 Å². The average Bonchev–Trinajstić information content (AvgIpc) is 2.81. The predicted molar refractivity (Wildman–Crippen MR) is 132 cm³/mol. The minimum absolute atomic E-state index is 0. The molecule has 6 nitrogen and oxygen atoms in total. The van der Waals surface area contributed by atoms with Gasteiger partial charge in [-0.3, -0.25) is 0 Å². The van der Waals surface area contributed by atoms with Crippen LogP contribution < -0.4 is 14.8 Å². The maximum absolute atomic E-state index is 13.0. The molecule has 2 N–H and O–H groups in total. The standard InChI is InChI=1S/C24H26ClNO5S.ClH/c1-30-23-11-10-21(15-24(23)31-2)32(28,29)20-8-6-17(7-9-20)12-13-26-16-22(27)18-4-3-5-19(25)14-18;/h3-11,14-15,22,26-27H,12-13,16H2,1-2H3;1H/t22-;/m0./s1. The van der Waals surface area contributed by atoms with Crippen LogP contribution in [0.5, 0.6) is 11.5 Å². The van der Waals surface area contributed by atoms with E-state index in [2.05, 4.69) is 5.32 Å². The van der Waals surface area contributed by atoms with Crippen molar-refractivity contribution in [2.24, 2.45) is 0 Å². The largest absolute Gasteiger partial charge is 0.493 e. The number of nitrogens with one attached hydrogen (secondary N) is 1. The van der Waals surface area contributed by atoms with Crippen LogP contribution in [0.3, 0.4) is 0 Å². The molecule has 9 heteroatoms. The highest BCUT2D eigenvalue weighted by Gasteiger charge is 2.20. The Kier molecular flexibility index (Phi) is 10.0. The van der Waals surface area contributed by atoms with Crippen LogP contribution in [-0.2, 0) is 16.3 Å². The maximum Gasteiger partial charge on any atom is 0.206 e. The molecule has 0 spiro atoms. The summed E-state index contributed by atoms with van der Waals surface area (Å²) in [6.45, 7) is 1.03. The maximum atomic E-state index is 13.0. The number of benzene rings is 3. The highest BCUT2D eigenvalue weighted by Crippen LogP contribution is 2.32. The van der Waals surface area contributed by atoms with Gasteiger partial charge >= 0.3 is 0 Å². The number of hydrogen-bond donors (Lipinski definition) is 2. The zero-order chi connectivity index (χ0) is 23.1. The van der Waals surface area contributed by atoms with Gasteiger partial charge in [-0.25, -0.2) is 8.42 Å².